The first-order chi connectivity index (χ1) is 9.01. The van der Waals surface area contributed by atoms with Crippen molar-refractivity contribution >= 4 is 12.4 Å². The Labute approximate surface area is 108 Å². The Hall–Kier alpha value is -1.98. The van der Waals surface area contributed by atoms with Crippen molar-refractivity contribution in [3.63, 3.8) is 0 Å². The molecule has 0 saturated heterocycles. The Morgan fingerprint density at radius 1 is 1.47 bits per heavy atom. The molecule has 1 aromatic rings. The van der Waals surface area contributed by atoms with E-state index >= 15 is 0 Å². The van der Waals surface area contributed by atoms with Crippen molar-refractivity contribution in [1.82, 2.24) is 5.06 Å². The van der Waals surface area contributed by atoms with Gasteiger partial charge in [-0.2, -0.15) is 5.06 Å². The van der Waals surface area contributed by atoms with Gasteiger partial charge in [0.25, 0.3) is 0 Å². The Morgan fingerprint density at radius 3 is 2.84 bits per heavy atom. The summed E-state index contributed by atoms with van der Waals surface area (Å²) in [5, 5.41) is 0.897. The number of hydrogen-bond acceptors (Lipinski definition) is 3. The normalized spacial score (nSPS) is 17.5. The first kappa shape index (κ1) is 13.5. The predicted octanol–water partition coefficient (Wildman–Crippen LogP) is 1.76. The van der Waals surface area contributed by atoms with Gasteiger partial charge in [0.1, 0.15) is 11.6 Å². The van der Waals surface area contributed by atoms with Crippen LogP contribution in [0.15, 0.2) is 12.1 Å². The van der Waals surface area contributed by atoms with Crippen LogP contribution in [-0.2, 0) is 27.3 Å². The van der Waals surface area contributed by atoms with Gasteiger partial charge in [-0.05, 0) is 36.5 Å². The molecule has 0 bridgehead atoms. The van der Waals surface area contributed by atoms with Crippen molar-refractivity contribution in [3.8, 4) is 0 Å². The molecule has 1 amide bonds. The van der Waals surface area contributed by atoms with Crippen molar-refractivity contribution in [1.29, 1.82) is 0 Å². The Bertz CT molecular complexity index is 519. The Balaban J connectivity index is 2.21. The lowest BCUT2D eigenvalue weighted by Gasteiger charge is -2.30. The smallest absolute Gasteiger partial charge is 0.329 e. The summed E-state index contributed by atoms with van der Waals surface area (Å²) in [5.74, 6) is -1.85. The van der Waals surface area contributed by atoms with Crippen LogP contribution < -0.4 is 0 Å². The summed E-state index contributed by atoms with van der Waals surface area (Å²) < 4.78 is 26.8. The van der Waals surface area contributed by atoms with Crippen molar-refractivity contribution in [2.45, 2.75) is 32.2 Å². The van der Waals surface area contributed by atoms with Gasteiger partial charge in [-0.1, -0.05) is 0 Å². The molecule has 102 valence electrons. The number of nitrogens with zero attached hydrogens (tertiary/aromatic N) is 1. The van der Waals surface area contributed by atoms with E-state index in [1.807, 2.05) is 0 Å². The van der Waals surface area contributed by atoms with E-state index in [0.717, 1.165) is 11.1 Å². The lowest BCUT2D eigenvalue weighted by Crippen LogP contribution is -2.39. The van der Waals surface area contributed by atoms with Gasteiger partial charge in [0.05, 0.1) is 6.04 Å². The maximum Gasteiger partial charge on any atom is 0.329 e. The molecule has 2 rings (SSSR count). The van der Waals surface area contributed by atoms with E-state index in [1.54, 1.807) is 0 Å². The fourth-order valence-corrected chi connectivity index (χ4v) is 2.32. The molecular formula is C13H13F2NO3. The summed E-state index contributed by atoms with van der Waals surface area (Å²) in [6.45, 7) is 1.18. The number of rotatable bonds is 3. The first-order valence-corrected chi connectivity index (χ1v) is 5.90. The zero-order valence-corrected chi connectivity index (χ0v) is 10.4. The van der Waals surface area contributed by atoms with Gasteiger partial charge in [-0.3, -0.25) is 9.59 Å². The summed E-state index contributed by atoms with van der Waals surface area (Å²) in [7, 11) is 0. The minimum atomic E-state index is -0.631. The molecule has 0 radical (unpaired) electrons. The van der Waals surface area contributed by atoms with Crippen LogP contribution in [0.1, 0.15) is 24.5 Å². The molecule has 1 unspecified atom stereocenters. The monoisotopic (exact) mass is 269 g/mol. The van der Waals surface area contributed by atoms with Gasteiger partial charge in [0, 0.05) is 13.0 Å². The Kier molecular flexibility index (Phi) is 3.78. The number of carbonyl (C=O) groups is 2. The van der Waals surface area contributed by atoms with Crippen LogP contribution >= 0.6 is 0 Å². The van der Waals surface area contributed by atoms with Crippen molar-refractivity contribution < 1.29 is 23.2 Å². The second-order valence-corrected chi connectivity index (χ2v) is 4.47. The topological polar surface area (TPSA) is 46.6 Å². The number of benzene rings is 1. The third-order valence-corrected chi connectivity index (χ3v) is 3.14. The average Bonchev–Trinajstić information content (AvgIpc) is 2.35. The summed E-state index contributed by atoms with van der Waals surface area (Å²) in [6, 6.07) is 1.69. The minimum Gasteiger partial charge on any atom is -0.338 e. The fourth-order valence-electron chi connectivity index (χ4n) is 2.32. The van der Waals surface area contributed by atoms with Crippen LogP contribution in [0, 0.1) is 11.6 Å². The summed E-state index contributed by atoms with van der Waals surface area (Å²) in [4.78, 5) is 26.5. The average molecular weight is 269 g/mol. The van der Waals surface area contributed by atoms with Crippen LogP contribution in [0.2, 0.25) is 0 Å². The zero-order valence-electron chi connectivity index (χ0n) is 10.4. The van der Waals surface area contributed by atoms with E-state index in [9.17, 15) is 18.4 Å². The Morgan fingerprint density at radius 2 is 2.21 bits per heavy atom. The second kappa shape index (κ2) is 5.34. The molecule has 1 aromatic carbocycles. The van der Waals surface area contributed by atoms with Crippen LogP contribution in [0.3, 0.4) is 0 Å². The quantitative estimate of drug-likeness (QED) is 0.620. The first-order valence-electron chi connectivity index (χ1n) is 5.90. The van der Waals surface area contributed by atoms with Gasteiger partial charge in [0.15, 0.2) is 0 Å². The predicted molar refractivity (Wildman–Crippen MR) is 61.8 cm³/mol. The lowest BCUT2D eigenvalue weighted by atomic mass is 9.87. The van der Waals surface area contributed by atoms with E-state index < -0.39 is 23.6 Å². The lowest BCUT2D eigenvalue weighted by molar-refractivity contribution is -0.198. The van der Waals surface area contributed by atoms with Crippen LogP contribution in [0.25, 0.3) is 0 Å². The highest BCUT2D eigenvalue weighted by Crippen LogP contribution is 2.27. The van der Waals surface area contributed by atoms with Crippen LogP contribution in [0.4, 0.5) is 8.78 Å². The SMILES string of the molecule is CC(=O)ON(C=O)C1CCc2cc(F)cc(F)c2C1. The van der Waals surface area contributed by atoms with Gasteiger partial charge in [-0.25, -0.2) is 8.78 Å². The van der Waals surface area contributed by atoms with Crippen LogP contribution in [0.5, 0.6) is 0 Å². The summed E-state index contributed by atoms with van der Waals surface area (Å²) >= 11 is 0. The molecule has 0 aliphatic heterocycles. The molecule has 0 N–H and O–H groups in total. The number of aryl methyl sites for hydroxylation is 1. The third-order valence-electron chi connectivity index (χ3n) is 3.14. The number of fused-ring (bicyclic) bond motifs is 1. The molecule has 1 atom stereocenters. The number of amides is 1. The van der Waals surface area contributed by atoms with Gasteiger partial charge in [0.2, 0.25) is 6.41 Å². The minimum absolute atomic E-state index is 0.202. The van der Waals surface area contributed by atoms with Crippen molar-refractivity contribution in [2.75, 3.05) is 0 Å². The fraction of sp³-hybridized carbons (Fsp3) is 0.385. The zero-order chi connectivity index (χ0) is 14.0. The molecule has 6 heteroatoms. The molecule has 1 aliphatic rings. The van der Waals surface area contributed by atoms with E-state index in [2.05, 4.69) is 0 Å². The van der Waals surface area contributed by atoms with Gasteiger partial charge < -0.3 is 4.84 Å². The number of halogens is 2. The number of carbonyl (C=O) groups excluding carboxylic acids is 2. The van der Waals surface area contributed by atoms with Crippen molar-refractivity contribution in [2.24, 2.45) is 0 Å². The number of hydrogen-bond donors (Lipinski definition) is 0. The highest BCUT2D eigenvalue weighted by atomic mass is 19.1. The van der Waals surface area contributed by atoms with E-state index in [4.69, 9.17) is 4.84 Å². The van der Waals surface area contributed by atoms with Crippen molar-refractivity contribution in [3.05, 3.63) is 34.9 Å². The van der Waals surface area contributed by atoms with E-state index in [-0.39, 0.29) is 6.42 Å². The maximum atomic E-state index is 13.7. The second-order valence-electron chi connectivity index (χ2n) is 4.47. The standard InChI is InChI=1S/C13H13F2NO3/c1-8(18)19-16(7-17)11-3-2-9-4-10(14)5-13(15)12(9)6-11/h4-5,7,11H,2-3,6H2,1H3. The summed E-state index contributed by atoms with van der Waals surface area (Å²) in [6.07, 6.45) is 1.52. The highest BCUT2D eigenvalue weighted by molar-refractivity contribution is 5.67. The van der Waals surface area contributed by atoms with Crippen LogP contribution in [-0.4, -0.2) is 23.5 Å². The number of hydroxylamine groups is 2. The molecule has 0 fully saturated rings. The highest BCUT2D eigenvalue weighted by Gasteiger charge is 2.28. The maximum absolute atomic E-state index is 13.7. The molecule has 19 heavy (non-hydrogen) atoms. The molecule has 0 saturated carbocycles. The molecule has 4 nitrogen and oxygen atoms in total. The largest absolute Gasteiger partial charge is 0.338 e. The van der Waals surface area contributed by atoms with E-state index in [1.165, 1.54) is 13.0 Å². The molecule has 0 aromatic heterocycles. The summed E-state index contributed by atoms with van der Waals surface area (Å²) in [5.41, 5.74) is 0.971. The third kappa shape index (κ3) is 2.89. The molecule has 0 heterocycles. The molecule has 1 aliphatic carbocycles. The molecular weight excluding hydrogens is 256 g/mol. The molecule has 0 spiro atoms. The van der Waals surface area contributed by atoms with Gasteiger partial charge in [-0.15, -0.1) is 0 Å². The van der Waals surface area contributed by atoms with E-state index in [0.29, 0.717) is 30.4 Å². The van der Waals surface area contributed by atoms with Gasteiger partial charge >= 0.3 is 5.97 Å².